The normalized spacial score (nSPS) is 10.7. The number of hydrogen-bond acceptors (Lipinski definition) is 4. The summed E-state index contributed by atoms with van der Waals surface area (Å²) in [6.45, 7) is -2.17. The molecule has 0 unspecified atom stereocenters. The van der Waals surface area contributed by atoms with Crippen molar-refractivity contribution < 1.29 is 27.7 Å². The summed E-state index contributed by atoms with van der Waals surface area (Å²) in [5.74, 6) is -1.02. The average Bonchev–Trinajstić information content (AvgIpc) is 2.42. The van der Waals surface area contributed by atoms with Crippen LogP contribution in [0.15, 0.2) is 24.3 Å². The molecule has 3 amide bonds. The molecule has 0 saturated heterocycles. The number of non-ortho nitro benzene ring substituents is 1. The number of amides is 3. The minimum absolute atomic E-state index is 0.0994. The van der Waals surface area contributed by atoms with Crippen molar-refractivity contribution >= 4 is 23.3 Å². The topological polar surface area (TPSA) is 113 Å². The van der Waals surface area contributed by atoms with Gasteiger partial charge in [-0.1, -0.05) is 6.07 Å². The molecule has 0 aromatic heterocycles. The second-order valence-electron chi connectivity index (χ2n) is 4.01. The van der Waals surface area contributed by atoms with Crippen molar-refractivity contribution in [3.63, 3.8) is 0 Å². The first kappa shape index (κ1) is 17.2. The van der Waals surface area contributed by atoms with Crippen LogP contribution in [0.25, 0.3) is 0 Å². The van der Waals surface area contributed by atoms with Gasteiger partial charge in [-0.15, -0.1) is 0 Å². The summed E-state index contributed by atoms with van der Waals surface area (Å²) in [6, 6.07) is 4.12. The van der Waals surface area contributed by atoms with Gasteiger partial charge in [0.1, 0.15) is 6.54 Å². The maximum atomic E-state index is 11.8. The lowest BCUT2D eigenvalue weighted by Gasteiger charge is -2.09. The summed E-state index contributed by atoms with van der Waals surface area (Å²) >= 11 is 0. The van der Waals surface area contributed by atoms with E-state index in [1.807, 2.05) is 5.32 Å². The van der Waals surface area contributed by atoms with E-state index in [4.69, 9.17) is 0 Å². The van der Waals surface area contributed by atoms with Gasteiger partial charge in [0.2, 0.25) is 5.91 Å². The van der Waals surface area contributed by atoms with Crippen LogP contribution in [0.1, 0.15) is 0 Å². The Labute approximate surface area is 121 Å². The van der Waals surface area contributed by atoms with Gasteiger partial charge in [-0.2, -0.15) is 13.2 Å². The van der Waals surface area contributed by atoms with E-state index < -0.39 is 36.1 Å². The fraction of sp³-hybridized carbons (Fsp3) is 0.273. The zero-order chi connectivity index (χ0) is 16.8. The van der Waals surface area contributed by atoms with E-state index >= 15 is 0 Å². The number of nitro groups is 1. The van der Waals surface area contributed by atoms with Gasteiger partial charge in [-0.3, -0.25) is 14.9 Å². The number of halogens is 3. The van der Waals surface area contributed by atoms with E-state index in [-0.39, 0.29) is 11.4 Å². The molecule has 1 aromatic rings. The van der Waals surface area contributed by atoms with Crippen molar-refractivity contribution in [3.05, 3.63) is 34.4 Å². The van der Waals surface area contributed by atoms with Crippen LogP contribution in [-0.4, -0.2) is 36.1 Å². The van der Waals surface area contributed by atoms with Crippen LogP contribution in [-0.2, 0) is 4.79 Å². The van der Waals surface area contributed by atoms with Crippen LogP contribution < -0.4 is 16.0 Å². The molecule has 1 rings (SSSR count). The standard InChI is InChI=1S/C11H11F3N4O4/c12-11(13,14)6-16-9(19)5-15-10(20)17-7-2-1-3-8(4-7)18(21)22/h1-4H,5-6H2,(H,16,19)(H2,15,17,20). The molecular formula is C11H11F3N4O4. The molecule has 0 radical (unpaired) electrons. The number of nitro benzene ring substituents is 1. The number of nitrogens with zero attached hydrogens (tertiary/aromatic N) is 1. The lowest BCUT2D eigenvalue weighted by atomic mass is 10.3. The maximum Gasteiger partial charge on any atom is 0.405 e. The van der Waals surface area contributed by atoms with Crippen LogP contribution in [0.4, 0.5) is 29.3 Å². The van der Waals surface area contributed by atoms with Gasteiger partial charge >= 0.3 is 12.2 Å². The van der Waals surface area contributed by atoms with Gasteiger partial charge in [0, 0.05) is 17.8 Å². The fourth-order valence-corrected chi connectivity index (χ4v) is 1.29. The molecule has 0 heterocycles. The second-order valence-corrected chi connectivity index (χ2v) is 4.01. The molecule has 11 heteroatoms. The highest BCUT2D eigenvalue weighted by molar-refractivity contribution is 5.92. The van der Waals surface area contributed by atoms with Crippen molar-refractivity contribution in [2.24, 2.45) is 0 Å². The molecule has 0 bridgehead atoms. The molecule has 0 aliphatic rings. The Hall–Kier alpha value is -2.85. The number of hydrogen-bond donors (Lipinski definition) is 3. The zero-order valence-corrected chi connectivity index (χ0v) is 10.9. The summed E-state index contributed by atoms with van der Waals surface area (Å²) in [4.78, 5) is 32.3. The molecule has 3 N–H and O–H groups in total. The third kappa shape index (κ3) is 6.54. The van der Waals surface area contributed by atoms with Crippen molar-refractivity contribution in [1.82, 2.24) is 10.6 Å². The van der Waals surface area contributed by atoms with Crippen molar-refractivity contribution in [1.29, 1.82) is 0 Å². The maximum absolute atomic E-state index is 11.8. The highest BCUT2D eigenvalue weighted by atomic mass is 19.4. The molecule has 0 saturated carbocycles. The number of nitrogens with one attached hydrogen (secondary N) is 3. The molecular weight excluding hydrogens is 309 g/mol. The van der Waals surface area contributed by atoms with Gasteiger partial charge in [0.15, 0.2) is 0 Å². The third-order valence-electron chi connectivity index (χ3n) is 2.21. The first-order valence-electron chi connectivity index (χ1n) is 5.80. The monoisotopic (exact) mass is 320 g/mol. The summed E-state index contributed by atoms with van der Waals surface area (Å²) in [5, 5.41) is 16.3. The number of anilines is 1. The van der Waals surface area contributed by atoms with E-state index in [9.17, 15) is 32.9 Å². The lowest BCUT2D eigenvalue weighted by Crippen LogP contribution is -2.42. The summed E-state index contributed by atoms with van der Waals surface area (Å²) < 4.78 is 35.5. The Balaban J connectivity index is 2.42. The van der Waals surface area contributed by atoms with Gasteiger partial charge in [0.25, 0.3) is 5.69 Å². The Morgan fingerprint density at radius 3 is 2.50 bits per heavy atom. The SMILES string of the molecule is O=C(CNC(=O)Nc1cccc([N+](=O)[O-])c1)NCC(F)(F)F. The molecule has 22 heavy (non-hydrogen) atoms. The molecule has 1 aromatic carbocycles. The predicted molar refractivity (Wildman–Crippen MR) is 69.2 cm³/mol. The van der Waals surface area contributed by atoms with E-state index in [0.717, 1.165) is 6.07 Å². The number of rotatable bonds is 5. The number of benzene rings is 1. The van der Waals surface area contributed by atoms with Crippen LogP contribution >= 0.6 is 0 Å². The van der Waals surface area contributed by atoms with Crippen LogP contribution in [0, 0.1) is 10.1 Å². The predicted octanol–water partition coefficient (Wildman–Crippen LogP) is 1.39. The largest absolute Gasteiger partial charge is 0.405 e. The lowest BCUT2D eigenvalue weighted by molar-refractivity contribution is -0.384. The first-order valence-corrected chi connectivity index (χ1v) is 5.80. The minimum atomic E-state index is -4.54. The number of carbonyl (C=O) groups excluding carboxylic acids is 2. The summed E-state index contributed by atoms with van der Waals surface area (Å²) in [7, 11) is 0. The smallest absolute Gasteiger partial charge is 0.345 e. The Kier molecular flexibility index (Phi) is 5.66. The Bertz CT molecular complexity index is 577. The second kappa shape index (κ2) is 7.24. The van der Waals surface area contributed by atoms with Gasteiger partial charge in [0.05, 0.1) is 11.5 Å². The van der Waals surface area contributed by atoms with Gasteiger partial charge < -0.3 is 16.0 Å². The van der Waals surface area contributed by atoms with Crippen molar-refractivity contribution in [2.75, 3.05) is 18.4 Å². The summed E-state index contributed by atoms with van der Waals surface area (Å²) in [5.41, 5.74) is -0.150. The van der Waals surface area contributed by atoms with E-state index in [2.05, 4.69) is 5.32 Å². The Morgan fingerprint density at radius 1 is 1.23 bits per heavy atom. The number of carbonyl (C=O) groups is 2. The Morgan fingerprint density at radius 2 is 1.91 bits per heavy atom. The molecule has 0 aliphatic heterocycles. The highest BCUT2D eigenvalue weighted by Crippen LogP contribution is 2.16. The molecule has 0 fully saturated rings. The van der Waals surface area contributed by atoms with Crippen molar-refractivity contribution in [2.45, 2.75) is 6.18 Å². The summed E-state index contributed by atoms with van der Waals surface area (Å²) in [6.07, 6.45) is -4.54. The van der Waals surface area contributed by atoms with Crippen LogP contribution in [0.3, 0.4) is 0 Å². The average molecular weight is 320 g/mol. The van der Waals surface area contributed by atoms with E-state index in [1.54, 1.807) is 5.32 Å². The minimum Gasteiger partial charge on any atom is -0.345 e. The molecule has 0 spiro atoms. The quantitative estimate of drug-likeness (QED) is 0.562. The van der Waals surface area contributed by atoms with Gasteiger partial charge in [-0.25, -0.2) is 4.79 Å². The van der Waals surface area contributed by atoms with Crippen molar-refractivity contribution in [3.8, 4) is 0 Å². The van der Waals surface area contributed by atoms with Gasteiger partial charge in [-0.05, 0) is 6.07 Å². The molecule has 8 nitrogen and oxygen atoms in total. The van der Waals surface area contributed by atoms with E-state index in [0.29, 0.717) is 0 Å². The highest BCUT2D eigenvalue weighted by Gasteiger charge is 2.27. The first-order chi connectivity index (χ1) is 10.2. The van der Waals surface area contributed by atoms with Crippen LogP contribution in [0.2, 0.25) is 0 Å². The number of urea groups is 1. The van der Waals surface area contributed by atoms with Crippen LogP contribution in [0.5, 0.6) is 0 Å². The van der Waals surface area contributed by atoms with E-state index in [1.165, 1.54) is 18.2 Å². The third-order valence-corrected chi connectivity index (χ3v) is 2.21. The fourth-order valence-electron chi connectivity index (χ4n) is 1.29. The number of alkyl halides is 3. The zero-order valence-electron chi connectivity index (χ0n) is 10.9. The molecule has 0 atom stereocenters. The molecule has 0 aliphatic carbocycles. The molecule has 120 valence electrons.